The van der Waals surface area contributed by atoms with Gasteiger partial charge in [-0.05, 0) is 36.6 Å². The molecule has 1 N–H and O–H groups in total. The number of hydrogen-bond donors (Lipinski definition) is 1. The average molecular weight is 301 g/mol. The van der Waals surface area contributed by atoms with Crippen molar-refractivity contribution in [3.05, 3.63) is 76.7 Å². The van der Waals surface area contributed by atoms with Crippen LogP contribution in [-0.2, 0) is 10.0 Å². The lowest BCUT2D eigenvalue weighted by Crippen LogP contribution is -2.25. The van der Waals surface area contributed by atoms with Crippen molar-refractivity contribution in [2.75, 3.05) is 0 Å². The van der Waals surface area contributed by atoms with Crippen LogP contribution >= 0.6 is 0 Å². The zero-order chi connectivity index (χ0) is 15.3. The van der Waals surface area contributed by atoms with E-state index in [0.29, 0.717) is 0 Å². The van der Waals surface area contributed by atoms with Gasteiger partial charge in [-0.1, -0.05) is 54.6 Å². The summed E-state index contributed by atoms with van der Waals surface area (Å²) in [5.41, 5.74) is 2.90. The van der Waals surface area contributed by atoms with Crippen LogP contribution in [0.15, 0.2) is 60.0 Å². The summed E-state index contributed by atoms with van der Waals surface area (Å²) in [6.45, 7) is 3.82. The van der Waals surface area contributed by atoms with Gasteiger partial charge in [0.1, 0.15) is 0 Å². The molecule has 0 aromatic heterocycles. The number of sulfonamides is 1. The largest absolute Gasteiger partial charge is 0.234 e. The topological polar surface area (TPSA) is 46.2 Å². The predicted octanol–water partition coefficient (Wildman–Crippen LogP) is 3.65. The summed E-state index contributed by atoms with van der Waals surface area (Å²) < 4.78 is 26.9. The lowest BCUT2D eigenvalue weighted by Gasteiger charge is -2.15. The Kier molecular flexibility index (Phi) is 4.94. The highest BCUT2D eigenvalue weighted by molar-refractivity contribution is 7.92. The van der Waals surface area contributed by atoms with Gasteiger partial charge in [-0.15, -0.1) is 0 Å². The second-order valence-corrected chi connectivity index (χ2v) is 6.55. The summed E-state index contributed by atoms with van der Waals surface area (Å²) in [5.74, 6) is 0. The van der Waals surface area contributed by atoms with E-state index >= 15 is 0 Å². The van der Waals surface area contributed by atoms with Crippen LogP contribution in [0, 0.1) is 6.92 Å². The van der Waals surface area contributed by atoms with Gasteiger partial charge < -0.3 is 0 Å². The van der Waals surface area contributed by atoms with E-state index in [9.17, 15) is 8.42 Å². The maximum absolute atomic E-state index is 12.1. The summed E-state index contributed by atoms with van der Waals surface area (Å²) in [6.07, 6.45) is 1.59. The molecule has 4 heteroatoms. The zero-order valence-corrected chi connectivity index (χ0v) is 13.0. The monoisotopic (exact) mass is 301 g/mol. The quantitative estimate of drug-likeness (QED) is 0.916. The molecule has 2 aromatic rings. The third kappa shape index (κ3) is 4.55. The molecule has 110 valence electrons. The van der Waals surface area contributed by atoms with Crippen LogP contribution in [0.3, 0.4) is 0 Å². The van der Waals surface area contributed by atoms with Crippen molar-refractivity contribution in [1.29, 1.82) is 0 Å². The van der Waals surface area contributed by atoms with Crippen LogP contribution in [0.4, 0.5) is 0 Å². The lowest BCUT2D eigenvalue weighted by atomic mass is 10.0. The molecule has 0 radical (unpaired) electrons. The molecule has 21 heavy (non-hydrogen) atoms. The molecule has 0 aliphatic rings. The van der Waals surface area contributed by atoms with Gasteiger partial charge in [0.05, 0.1) is 0 Å². The van der Waals surface area contributed by atoms with Crippen LogP contribution in [0.5, 0.6) is 0 Å². The van der Waals surface area contributed by atoms with Gasteiger partial charge in [0, 0.05) is 11.4 Å². The van der Waals surface area contributed by atoms with Crippen LogP contribution in [0.2, 0.25) is 0 Å². The summed E-state index contributed by atoms with van der Waals surface area (Å²) in [7, 11) is -3.47. The predicted molar refractivity (Wildman–Crippen MR) is 87.1 cm³/mol. The standard InChI is InChI=1S/C17H19NO2S/c1-14-8-6-7-11-17(14)15(2)18-21(19,20)13-12-16-9-4-3-5-10-16/h3-13,15,18H,1-2H3/b13-12+. The van der Waals surface area contributed by atoms with Crippen LogP contribution < -0.4 is 4.72 Å². The molecule has 0 fully saturated rings. The SMILES string of the molecule is Cc1ccccc1C(C)NS(=O)(=O)/C=C/c1ccccc1. The second-order valence-electron chi connectivity index (χ2n) is 4.95. The highest BCUT2D eigenvalue weighted by Crippen LogP contribution is 2.18. The maximum atomic E-state index is 12.1. The first-order chi connectivity index (χ1) is 9.98. The summed E-state index contributed by atoms with van der Waals surface area (Å²) in [4.78, 5) is 0. The molecule has 0 saturated heterocycles. The number of nitrogens with one attached hydrogen (secondary N) is 1. The van der Waals surface area contributed by atoms with Crippen LogP contribution in [0.25, 0.3) is 6.08 Å². The smallest absolute Gasteiger partial charge is 0.208 e. The average Bonchev–Trinajstić information content (AvgIpc) is 2.46. The fraction of sp³-hybridized carbons (Fsp3) is 0.176. The molecule has 0 heterocycles. The Bertz CT molecular complexity index is 721. The van der Waals surface area contributed by atoms with Crippen molar-refractivity contribution in [2.24, 2.45) is 0 Å². The molecule has 0 spiro atoms. The summed E-state index contributed by atoms with van der Waals surface area (Å²) in [6, 6.07) is 16.8. The molecule has 0 saturated carbocycles. The van der Waals surface area contributed by atoms with E-state index in [0.717, 1.165) is 16.7 Å². The molecule has 3 nitrogen and oxygen atoms in total. The Hall–Kier alpha value is -1.91. The molecule has 2 rings (SSSR count). The molecule has 0 bridgehead atoms. The van der Waals surface area contributed by atoms with Crippen molar-refractivity contribution in [1.82, 2.24) is 4.72 Å². The fourth-order valence-electron chi connectivity index (χ4n) is 2.15. The lowest BCUT2D eigenvalue weighted by molar-refractivity contribution is 0.576. The Morgan fingerprint density at radius 2 is 1.62 bits per heavy atom. The van der Waals surface area contributed by atoms with E-state index in [1.165, 1.54) is 5.41 Å². The van der Waals surface area contributed by atoms with E-state index in [4.69, 9.17) is 0 Å². The summed E-state index contributed by atoms with van der Waals surface area (Å²) in [5, 5.41) is 1.21. The Morgan fingerprint density at radius 1 is 1.00 bits per heavy atom. The van der Waals surface area contributed by atoms with Crippen molar-refractivity contribution in [2.45, 2.75) is 19.9 Å². The minimum Gasteiger partial charge on any atom is -0.208 e. The Morgan fingerprint density at radius 3 is 2.29 bits per heavy atom. The van der Waals surface area contributed by atoms with E-state index in [2.05, 4.69) is 4.72 Å². The first kappa shape index (κ1) is 15.5. The molecular formula is C17H19NO2S. The molecule has 1 unspecified atom stereocenters. The molecule has 0 aliphatic heterocycles. The first-order valence-electron chi connectivity index (χ1n) is 6.79. The number of rotatable bonds is 5. The molecule has 2 aromatic carbocycles. The third-order valence-corrected chi connectivity index (χ3v) is 4.41. The number of benzene rings is 2. The molecule has 0 aliphatic carbocycles. The van der Waals surface area contributed by atoms with E-state index in [1.54, 1.807) is 6.08 Å². The third-order valence-electron chi connectivity index (χ3n) is 3.24. The summed E-state index contributed by atoms with van der Waals surface area (Å²) >= 11 is 0. The molecule has 0 amide bonds. The molecular weight excluding hydrogens is 282 g/mol. The highest BCUT2D eigenvalue weighted by Gasteiger charge is 2.14. The zero-order valence-electron chi connectivity index (χ0n) is 12.2. The second kappa shape index (κ2) is 6.70. The van der Waals surface area contributed by atoms with Gasteiger partial charge >= 0.3 is 0 Å². The Labute approximate surface area is 126 Å². The number of aryl methyl sites for hydroxylation is 1. The van der Waals surface area contributed by atoms with Crippen LogP contribution in [-0.4, -0.2) is 8.42 Å². The normalized spacial score (nSPS) is 13.4. The van der Waals surface area contributed by atoms with Gasteiger partial charge in [0.15, 0.2) is 0 Å². The van der Waals surface area contributed by atoms with Gasteiger partial charge in [-0.25, -0.2) is 13.1 Å². The van der Waals surface area contributed by atoms with Gasteiger partial charge in [-0.3, -0.25) is 0 Å². The van der Waals surface area contributed by atoms with Gasteiger partial charge in [0.2, 0.25) is 10.0 Å². The van der Waals surface area contributed by atoms with E-state index < -0.39 is 10.0 Å². The minimum atomic E-state index is -3.47. The molecule has 1 atom stereocenters. The van der Waals surface area contributed by atoms with Crippen LogP contribution in [0.1, 0.15) is 29.7 Å². The van der Waals surface area contributed by atoms with Crippen molar-refractivity contribution in [3.8, 4) is 0 Å². The van der Waals surface area contributed by atoms with Gasteiger partial charge in [0.25, 0.3) is 0 Å². The first-order valence-corrected chi connectivity index (χ1v) is 8.33. The van der Waals surface area contributed by atoms with E-state index in [-0.39, 0.29) is 6.04 Å². The van der Waals surface area contributed by atoms with Crippen molar-refractivity contribution in [3.63, 3.8) is 0 Å². The van der Waals surface area contributed by atoms with Crippen molar-refractivity contribution >= 4 is 16.1 Å². The van der Waals surface area contributed by atoms with Crippen molar-refractivity contribution < 1.29 is 8.42 Å². The van der Waals surface area contributed by atoms with Gasteiger partial charge in [-0.2, -0.15) is 0 Å². The Balaban J connectivity index is 2.11. The number of hydrogen-bond acceptors (Lipinski definition) is 2. The fourth-order valence-corrected chi connectivity index (χ4v) is 3.19. The highest BCUT2D eigenvalue weighted by atomic mass is 32.2. The van der Waals surface area contributed by atoms with E-state index in [1.807, 2.05) is 68.4 Å². The maximum Gasteiger partial charge on any atom is 0.234 e. The minimum absolute atomic E-state index is 0.267.